The first-order valence-corrected chi connectivity index (χ1v) is 10.3. The summed E-state index contributed by atoms with van der Waals surface area (Å²) in [7, 11) is 0. The molecule has 1 aromatic carbocycles. The largest absolute Gasteiger partial charge is 0.341 e. The summed E-state index contributed by atoms with van der Waals surface area (Å²) < 4.78 is 0. The Labute approximate surface area is 176 Å². The number of benzene rings is 1. The highest BCUT2D eigenvalue weighted by atomic mass is 16.1. The van der Waals surface area contributed by atoms with Crippen molar-refractivity contribution in [1.29, 1.82) is 0 Å². The fourth-order valence-electron chi connectivity index (χ4n) is 3.93. The molecule has 1 aliphatic rings. The molecule has 1 aliphatic heterocycles. The van der Waals surface area contributed by atoms with Crippen LogP contribution >= 0.6 is 0 Å². The predicted molar refractivity (Wildman–Crippen MR) is 118 cm³/mol. The molecule has 2 aromatic heterocycles. The van der Waals surface area contributed by atoms with E-state index in [9.17, 15) is 4.79 Å². The molecule has 1 saturated heterocycles. The van der Waals surface area contributed by atoms with Crippen LogP contribution in [0.1, 0.15) is 36.7 Å². The van der Waals surface area contributed by atoms with Crippen molar-refractivity contribution in [2.45, 2.75) is 33.2 Å². The minimum atomic E-state index is -0.105. The molecule has 3 aromatic rings. The Balaban J connectivity index is 1.37. The summed E-state index contributed by atoms with van der Waals surface area (Å²) >= 11 is 0. The van der Waals surface area contributed by atoms with Gasteiger partial charge in [0.15, 0.2) is 0 Å². The summed E-state index contributed by atoms with van der Waals surface area (Å²) in [5.41, 5.74) is 2.49. The van der Waals surface area contributed by atoms with Gasteiger partial charge in [-0.1, -0.05) is 5.92 Å². The van der Waals surface area contributed by atoms with Crippen molar-refractivity contribution in [3.05, 3.63) is 57.9 Å². The first-order chi connectivity index (χ1) is 14.7. The Kier molecular flexibility index (Phi) is 6.05. The van der Waals surface area contributed by atoms with E-state index in [0.717, 1.165) is 55.1 Å². The lowest BCUT2D eigenvalue weighted by atomic mass is 9.97. The fraction of sp³-hybridized carbons (Fsp3) is 0.391. The third-order valence-electron chi connectivity index (χ3n) is 5.61. The van der Waals surface area contributed by atoms with Crippen molar-refractivity contribution in [3.63, 3.8) is 0 Å². The molecule has 154 valence electrons. The van der Waals surface area contributed by atoms with Crippen LogP contribution in [0.3, 0.4) is 0 Å². The van der Waals surface area contributed by atoms with Crippen LogP contribution in [0.25, 0.3) is 10.9 Å². The average Bonchev–Trinajstić information content (AvgIpc) is 2.77. The number of anilines is 1. The van der Waals surface area contributed by atoms with Gasteiger partial charge in [-0.25, -0.2) is 15.0 Å². The van der Waals surface area contributed by atoms with E-state index in [1.165, 1.54) is 0 Å². The monoisotopic (exact) mass is 402 g/mol. The standard InChI is InChI=1S/C23H26N6O/c1-3-5-18-6-7-19-21(16(18)2)27-20(28-22(19)30)15-24-14-17-8-12-29(13-9-17)23-25-10-4-11-26-23/h4,6-7,10-11,17,24H,8-9,12-15H2,1-2H3,(H,27,28,30). The lowest BCUT2D eigenvalue weighted by Crippen LogP contribution is -2.38. The normalized spacial score (nSPS) is 14.5. The van der Waals surface area contributed by atoms with E-state index in [-0.39, 0.29) is 5.56 Å². The molecular formula is C23H26N6O. The highest BCUT2D eigenvalue weighted by Crippen LogP contribution is 2.20. The molecule has 0 spiro atoms. The number of nitrogens with one attached hydrogen (secondary N) is 2. The van der Waals surface area contributed by atoms with E-state index in [1.54, 1.807) is 18.5 Å². The minimum Gasteiger partial charge on any atom is -0.341 e. The number of rotatable bonds is 5. The Morgan fingerprint density at radius 2 is 2.00 bits per heavy atom. The lowest BCUT2D eigenvalue weighted by Gasteiger charge is -2.32. The van der Waals surface area contributed by atoms with Crippen LogP contribution in [0, 0.1) is 24.7 Å². The van der Waals surface area contributed by atoms with Gasteiger partial charge in [-0.3, -0.25) is 4.79 Å². The topological polar surface area (TPSA) is 86.8 Å². The van der Waals surface area contributed by atoms with Crippen LogP contribution < -0.4 is 15.8 Å². The summed E-state index contributed by atoms with van der Waals surface area (Å²) in [6.07, 6.45) is 5.75. The van der Waals surface area contributed by atoms with Gasteiger partial charge in [0.05, 0.1) is 17.4 Å². The third-order valence-corrected chi connectivity index (χ3v) is 5.61. The van der Waals surface area contributed by atoms with Crippen molar-refractivity contribution in [2.24, 2.45) is 5.92 Å². The van der Waals surface area contributed by atoms with E-state index in [4.69, 9.17) is 4.98 Å². The Hall–Kier alpha value is -3.24. The van der Waals surface area contributed by atoms with Crippen LogP contribution in [0.2, 0.25) is 0 Å². The molecule has 0 unspecified atom stereocenters. The molecule has 1 fully saturated rings. The summed E-state index contributed by atoms with van der Waals surface area (Å²) in [6, 6.07) is 5.52. The van der Waals surface area contributed by atoms with Gasteiger partial charge in [0.1, 0.15) is 5.82 Å². The van der Waals surface area contributed by atoms with E-state index in [1.807, 2.05) is 26.0 Å². The molecular weight excluding hydrogens is 376 g/mol. The highest BCUT2D eigenvalue weighted by molar-refractivity contribution is 5.83. The van der Waals surface area contributed by atoms with Crippen LogP contribution in [-0.2, 0) is 6.54 Å². The Morgan fingerprint density at radius 3 is 2.73 bits per heavy atom. The average molecular weight is 403 g/mol. The lowest BCUT2D eigenvalue weighted by molar-refractivity contribution is 0.378. The predicted octanol–water partition coefficient (Wildman–Crippen LogP) is 2.40. The van der Waals surface area contributed by atoms with E-state index in [0.29, 0.717) is 23.7 Å². The Bertz CT molecular complexity index is 1140. The van der Waals surface area contributed by atoms with Gasteiger partial charge in [0.2, 0.25) is 5.95 Å². The van der Waals surface area contributed by atoms with Crippen molar-refractivity contribution < 1.29 is 0 Å². The molecule has 0 atom stereocenters. The SMILES string of the molecule is CC#Cc1ccc2c(=O)[nH]c(CNCC3CCN(c4ncccn4)CC3)nc2c1C. The van der Waals surface area contributed by atoms with Crippen LogP contribution in [0.15, 0.2) is 35.4 Å². The first-order valence-electron chi connectivity index (χ1n) is 10.3. The second kappa shape index (κ2) is 9.06. The van der Waals surface area contributed by atoms with Crippen molar-refractivity contribution in [1.82, 2.24) is 25.3 Å². The molecule has 30 heavy (non-hydrogen) atoms. The highest BCUT2D eigenvalue weighted by Gasteiger charge is 2.20. The van der Waals surface area contributed by atoms with Crippen molar-refractivity contribution in [2.75, 3.05) is 24.5 Å². The van der Waals surface area contributed by atoms with Crippen LogP contribution in [-0.4, -0.2) is 39.6 Å². The number of hydrogen-bond acceptors (Lipinski definition) is 6. The third kappa shape index (κ3) is 4.34. The van der Waals surface area contributed by atoms with Gasteiger partial charge < -0.3 is 15.2 Å². The Morgan fingerprint density at radius 1 is 1.23 bits per heavy atom. The molecule has 3 heterocycles. The second-order valence-corrected chi connectivity index (χ2v) is 7.63. The van der Waals surface area contributed by atoms with Gasteiger partial charge in [0, 0.05) is 31.0 Å². The number of nitrogens with zero attached hydrogens (tertiary/aromatic N) is 4. The van der Waals surface area contributed by atoms with Crippen molar-refractivity contribution in [3.8, 4) is 11.8 Å². The molecule has 0 aliphatic carbocycles. The first kappa shape index (κ1) is 20.0. The molecule has 7 nitrogen and oxygen atoms in total. The van der Waals surface area contributed by atoms with Gasteiger partial charge >= 0.3 is 0 Å². The van der Waals surface area contributed by atoms with Gasteiger partial charge in [-0.15, -0.1) is 5.92 Å². The fourth-order valence-corrected chi connectivity index (χ4v) is 3.93. The number of fused-ring (bicyclic) bond motifs is 1. The number of aromatic nitrogens is 4. The smallest absolute Gasteiger partial charge is 0.258 e. The zero-order chi connectivity index (χ0) is 20.9. The number of aryl methyl sites for hydroxylation is 1. The number of H-pyrrole nitrogens is 1. The molecule has 0 radical (unpaired) electrons. The summed E-state index contributed by atoms with van der Waals surface area (Å²) in [4.78, 5) is 31.0. The molecule has 2 N–H and O–H groups in total. The maximum absolute atomic E-state index is 12.5. The van der Waals surface area contributed by atoms with Crippen LogP contribution in [0.4, 0.5) is 5.95 Å². The molecule has 0 bridgehead atoms. The van der Waals surface area contributed by atoms with E-state index >= 15 is 0 Å². The summed E-state index contributed by atoms with van der Waals surface area (Å²) in [6.45, 7) is 7.13. The summed E-state index contributed by atoms with van der Waals surface area (Å²) in [5, 5.41) is 4.07. The maximum Gasteiger partial charge on any atom is 0.258 e. The van der Waals surface area contributed by atoms with Gasteiger partial charge in [-0.05, 0) is 62.9 Å². The zero-order valence-corrected chi connectivity index (χ0v) is 17.4. The molecule has 0 amide bonds. The summed E-state index contributed by atoms with van der Waals surface area (Å²) in [5.74, 6) is 8.05. The van der Waals surface area contributed by atoms with E-state index in [2.05, 4.69) is 37.0 Å². The van der Waals surface area contributed by atoms with Gasteiger partial charge in [0.25, 0.3) is 5.56 Å². The zero-order valence-electron chi connectivity index (χ0n) is 17.4. The second-order valence-electron chi connectivity index (χ2n) is 7.63. The van der Waals surface area contributed by atoms with Gasteiger partial charge in [-0.2, -0.15) is 0 Å². The minimum absolute atomic E-state index is 0.105. The molecule has 7 heteroatoms. The number of piperidine rings is 1. The maximum atomic E-state index is 12.5. The van der Waals surface area contributed by atoms with Crippen molar-refractivity contribution >= 4 is 16.9 Å². The molecule has 4 rings (SSSR count). The van der Waals surface area contributed by atoms with E-state index < -0.39 is 0 Å². The molecule has 0 saturated carbocycles. The van der Waals surface area contributed by atoms with Crippen LogP contribution in [0.5, 0.6) is 0 Å². The number of hydrogen-bond donors (Lipinski definition) is 2. The quantitative estimate of drug-likeness (QED) is 0.638. The number of aromatic amines is 1.